The molecular formula is C12H16ClNO3. The normalized spacial score (nSPS) is 10.1. The van der Waals surface area contributed by atoms with Crippen LogP contribution in [0.25, 0.3) is 0 Å². The first-order valence-electron chi connectivity index (χ1n) is 5.51. The van der Waals surface area contributed by atoms with Crippen molar-refractivity contribution in [2.24, 2.45) is 0 Å². The summed E-state index contributed by atoms with van der Waals surface area (Å²) >= 11 is 6.02. The summed E-state index contributed by atoms with van der Waals surface area (Å²) in [5, 5.41) is 8.88. The third-order valence-corrected chi connectivity index (χ3v) is 2.54. The lowest BCUT2D eigenvalue weighted by molar-refractivity contribution is -0.128. The molecule has 1 rings (SSSR count). The van der Waals surface area contributed by atoms with E-state index >= 15 is 0 Å². The number of halogens is 1. The zero-order valence-electron chi connectivity index (χ0n) is 9.70. The van der Waals surface area contributed by atoms with Crippen molar-refractivity contribution in [3.05, 3.63) is 28.8 Å². The molecule has 0 aliphatic heterocycles. The fourth-order valence-electron chi connectivity index (χ4n) is 1.32. The number of unbranched alkanes of at least 4 members (excludes halogenated alkanes) is 1. The molecule has 0 radical (unpaired) electrons. The van der Waals surface area contributed by atoms with E-state index in [1.165, 1.54) is 0 Å². The topological polar surface area (TPSA) is 58.6 Å². The maximum Gasteiger partial charge on any atom is 0.247 e. The molecule has 17 heavy (non-hydrogen) atoms. The Labute approximate surface area is 105 Å². The Balaban J connectivity index is 2.62. The molecule has 1 amide bonds. The lowest BCUT2D eigenvalue weighted by atomic mass is 10.1. The molecule has 5 heteroatoms. The van der Waals surface area contributed by atoms with Crippen LogP contribution in [0.15, 0.2) is 18.2 Å². The van der Waals surface area contributed by atoms with Crippen molar-refractivity contribution in [1.29, 1.82) is 0 Å². The Kier molecular flexibility index (Phi) is 5.80. The number of carbonyl (C=O) groups is 1. The summed E-state index contributed by atoms with van der Waals surface area (Å²) in [7, 11) is 0. The minimum atomic E-state index is -0.472. The van der Waals surface area contributed by atoms with Gasteiger partial charge in [-0.15, -0.1) is 0 Å². The Morgan fingerprint density at radius 2 is 2.29 bits per heavy atom. The smallest absolute Gasteiger partial charge is 0.247 e. The quantitative estimate of drug-likeness (QED) is 0.468. The van der Waals surface area contributed by atoms with E-state index in [0.717, 1.165) is 18.4 Å². The molecule has 0 aromatic heterocycles. The third kappa shape index (κ3) is 4.63. The number of amides is 1. The van der Waals surface area contributed by atoms with Gasteiger partial charge in [-0.2, -0.15) is 0 Å². The molecule has 0 heterocycles. The molecule has 0 saturated carbocycles. The van der Waals surface area contributed by atoms with Crippen LogP contribution in [0.1, 0.15) is 25.3 Å². The van der Waals surface area contributed by atoms with Crippen LogP contribution in [0.4, 0.5) is 0 Å². The van der Waals surface area contributed by atoms with Crippen molar-refractivity contribution in [1.82, 2.24) is 5.48 Å². The summed E-state index contributed by atoms with van der Waals surface area (Å²) in [6, 6.07) is 5.15. The molecule has 0 aliphatic carbocycles. The van der Waals surface area contributed by atoms with E-state index < -0.39 is 5.91 Å². The molecule has 0 saturated heterocycles. The van der Waals surface area contributed by atoms with Gasteiger partial charge in [0.1, 0.15) is 5.75 Å². The van der Waals surface area contributed by atoms with E-state index in [-0.39, 0.29) is 6.42 Å². The van der Waals surface area contributed by atoms with Crippen molar-refractivity contribution in [2.45, 2.75) is 26.2 Å². The Morgan fingerprint density at radius 3 is 2.88 bits per heavy atom. The highest BCUT2D eigenvalue weighted by Crippen LogP contribution is 2.25. The summed E-state index contributed by atoms with van der Waals surface area (Å²) in [6.07, 6.45) is 2.13. The monoisotopic (exact) mass is 257 g/mol. The van der Waals surface area contributed by atoms with Crippen LogP contribution in [0, 0.1) is 0 Å². The molecule has 0 spiro atoms. The van der Waals surface area contributed by atoms with Crippen LogP contribution in [0.5, 0.6) is 5.75 Å². The number of benzene rings is 1. The SMILES string of the molecule is CCCCOc1ccc(CC(=O)NO)cc1Cl. The number of nitrogens with one attached hydrogen (secondary N) is 1. The van der Waals surface area contributed by atoms with Crippen LogP contribution in [-0.4, -0.2) is 17.7 Å². The van der Waals surface area contributed by atoms with E-state index in [1.54, 1.807) is 23.7 Å². The molecule has 2 N–H and O–H groups in total. The average Bonchev–Trinajstić information content (AvgIpc) is 2.32. The molecule has 1 aromatic rings. The number of hydrogen-bond acceptors (Lipinski definition) is 3. The third-order valence-electron chi connectivity index (χ3n) is 2.24. The summed E-state index contributed by atoms with van der Waals surface area (Å²) < 4.78 is 5.48. The van der Waals surface area contributed by atoms with Crippen molar-refractivity contribution >= 4 is 17.5 Å². The van der Waals surface area contributed by atoms with Gasteiger partial charge in [0.2, 0.25) is 5.91 Å². The zero-order valence-corrected chi connectivity index (χ0v) is 10.5. The molecule has 0 unspecified atom stereocenters. The lowest BCUT2D eigenvalue weighted by Crippen LogP contribution is -2.20. The first kappa shape index (κ1) is 13.8. The van der Waals surface area contributed by atoms with Crippen molar-refractivity contribution in [3.8, 4) is 5.75 Å². The van der Waals surface area contributed by atoms with E-state index in [9.17, 15) is 4.79 Å². The molecule has 0 atom stereocenters. The largest absolute Gasteiger partial charge is 0.492 e. The molecular weight excluding hydrogens is 242 g/mol. The number of hydroxylamine groups is 1. The number of hydrogen-bond donors (Lipinski definition) is 2. The predicted molar refractivity (Wildman–Crippen MR) is 65.5 cm³/mol. The molecule has 1 aromatic carbocycles. The summed E-state index contributed by atoms with van der Waals surface area (Å²) in [5.74, 6) is 0.147. The highest BCUT2D eigenvalue weighted by atomic mass is 35.5. The molecule has 94 valence electrons. The van der Waals surface area contributed by atoms with Gasteiger partial charge >= 0.3 is 0 Å². The summed E-state index contributed by atoms with van der Waals surface area (Å²) in [4.78, 5) is 11.0. The fourth-order valence-corrected chi connectivity index (χ4v) is 1.58. The Morgan fingerprint density at radius 1 is 1.53 bits per heavy atom. The maximum absolute atomic E-state index is 11.0. The maximum atomic E-state index is 11.0. The van der Waals surface area contributed by atoms with Crippen LogP contribution in [-0.2, 0) is 11.2 Å². The Hall–Kier alpha value is -1.26. The Bertz CT molecular complexity index is 382. The second-order valence-electron chi connectivity index (χ2n) is 3.68. The molecule has 0 fully saturated rings. The van der Waals surface area contributed by atoms with Crippen LogP contribution in [0.2, 0.25) is 5.02 Å². The minimum Gasteiger partial charge on any atom is -0.492 e. The highest BCUT2D eigenvalue weighted by molar-refractivity contribution is 6.32. The predicted octanol–water partition coefficient (Wildman–Crippen LogP) is 2.57. The number of rotatable bonds is 6. The fraction of sp³-hybridized carbons (Fsp3) is 0.417. The molecule has 0 aliphatic rings. The summed E-state index contributed by atoms with van der Waals surface area (Å²) in [6.45, 7) is 2.72. The molecule has 4 nitrogen and oxygen atoms in total. The zero-order chi connectivity index (χ0) is 12.7. The second-order valence-corrected chi connectivity index (χ2v) is 4.09. The second kappa shape index (κ2) is 7.14. The van der Waals surface area contributed by atoms with Crippen LogP contribution >= 0.6 is 11.6 Å². The van der Waals surface area contributed by atoms with Gasteiger partial charge in [0.15, 0.2) is 0 Å². The van der Waals surface area contributed by atoms with E-state index in [0.29, 0.717) is 17.4 Å². The van der Waals surface area contributed by atoms with Gasteiger partial charge < -0.3 is 4.74 Å². The van der Waals surface area contributed by atoms with Crippen molar-refractivity contribution < 1.29 is 14.7 Å². The van der Waals surface area contributed by atoms with Gasteiger partial charge in [-0.05, 0) is 24.1 Å². The lowest BCUT2D eigenvalue weighted by Gasteiger charge is -2.08. The van der Waals surface area contributed by atoms with Gasteiger partial charge in [0.25, 0.3) is 0 Å². The van der Waals surface area contributed by atoms with Crippen molar-refractivity contribution in [3.63, 3.8) is 0 Å². The summed E-state index contributed by atoms with van der Waals surface area (Å²) in [5.41, 5.74) is 2.30. The van der Waals surface area contributed by atoms with Crippen LogP contribution in [0.3, 0.4) is 0 Å². The van der Waals surface area contributed by atoms with E-state index in [1.807, 2.05) is 0 Å². The van der Waals surface area contributed by atoms with E-state index in [2.05, 4.69) is 6.92 Å². The van der Waals surface area contributed by atoms with Gasteiger partial charge in [-0.3, -0.25) is 10.0 Å². The van der Waals surface area contributed by atoms with Gasteiger partial charge in [-0.25, -0.2) is 5.48 Å². The van der Waals surface area contributed by atoms with Crippen molar-refractivity contribution in [2.75, 3.05) is 6.61 Å². The van der Waals surface area contributed by atoms with E-state index in [4.69, 9.17) is 21.5 Å². The van der Waals surface area contributed by atoms with Crippen LogP contribution < -0.4 is 10.2 Å². The first-order chi connectivity index (χ1) is 8.17. The highest BCUT2D eigenvalue weighted by Gasteiger charge is 2.06. The van der Waals surface area contributed by atoms with Gasteiger partial charge in [0, 0.05) is 0 Å². The van der Waals surface area contributed by atoms with Gasteiger partial charge in [0.05, 0.1) is 18.1 Å². The van der Waals surface area contributed by atoms with Gasteiger partial charge in [-0.1, -0.05) is 31.0 Å². The first-order valence-corrected chi connectivity index (χ1v) is 5.89. The number of ether oxygens (including phenoxy) is 1. The standard InChI is InChI=1S/C12H16ClNO3/c1-2-3-6-17-11-5-4-9(7-10(11)13)8-12(15)14-16/h4-5,7,16H,2-3,6,8H2,1H3,(H,14,15). The molecule has 0 bridgehead atoms. The average molecular weight is 258 g/mol. The number of carbonyl (C=O) groups excluding carboxylic acids is 1. The minimum absolute atomic E-state index is 0.0887.